The molecular weight excluding hydrogens is 526 g/mol. The van der Waals surface area contributed by atoms with Crippen LogP contribution in [-0.4, -0.2) is 58.2 Å². The third-order valence-electron chi connectivity index (χ3n) is 7.42. The zero-order valence-electron chi connectivity index (χ0n) is 22.5. The maximum Gasteiger partial charge on any atom is 0.254 e. The molecule has 4 aromatic rings. The number of para-hydroxylation sites is 1. The lowest BCUT2D eigenvalue weighted by Crippen LogP contribution is -2.40. The molecular formula is C30H29N5O4S. The van der Waals surface area contributed by atoms with Gasteiger partial charge in [-0.2, -0.15) is 0 Å². The molecule has 2 aliphatic heterocycles. The largest absolute Gasteiger partial charge is 0.438 e. The monoisotopic (exact) mass is 555 g/mol. The summed E-state index contributed by atoms with van der Waals surface area (Å²) in [6.45, 7) is 8.02. The summed E-state index contributed by atoms with van der Waals surface area (Å²) in [5.41, 5.74) is 3.10. The van der Waals surface area contributed by atoms with Crippen LogP contribution < -0.4 is 10.1 Å². The van der Waals surface area contributed by atoms with Crippen molar-refractivity contribution in [2.75, 3.05) is 31.6 Å². The summed E-state index contributed by atoms with van der Waals surface area (Å²) in [6.07, 6.45) is 0. The molecule has 0 bridgehead atoms. The first-order valence-corrected chi connectivity index (χ1v) is 14.0. The first-order chi connectivity index (χ1) is 19.3. The van der Waals surface area contributed by atoms with Crippen molar-refractivity contribution in [1.29, 1.82) is 0 Å². The van der Waals surface area contributed by atoms with E-state index in [-0.39, 0.29) is 17.7 Å². The van der Waals surface area contributed by atoms with Gasteiger partial charge < -0.3 is 19.7 Å². The number of morpholine rings is 1. The van der Waals surface area contributed by atoms with Crippen LogP contribution in [0.4, 0.5) is 5.13 Å². The zero-order valence-corrected chi connectivity index (χ0v) is 23.3. The number of aromatic nitrogens is 3. The third kappa shape index (κ3) is 4.84. The number of ether oxygens (including phenoxy) is 2. The summed E-state index contributed by atoms with van der Waals surface area (Å²) < 4.78 is 11.6. The van der Waals surface area contributed by atoms with Gasteiger partial charge in [0.1, 0.15) is 10.8 Å². The number of amides is 2. The van der Waals surface area contributed by atoms with Gasteiger partial charge in [0.15, 0.2) is 0 Å². The van der Waals surface area contributed by atoms with Crippen LogP contribution >= 0.6 is 11.3 Å². The number of hydrogen-bond donors (Lipinski definition) is 1. The van der Waals surface area contributed by atoms with Crippen molar-refractivity contribution in [3.63, 3.8) is 0 Å². The third-order valence-corrected chi connectivity index (χ3v) is 8.17. The molecule has 204 valence electrons. The molecule has 6 rings (SSSR count). The van der Waals surface area contributed by atoms with E-state index in [1.54, 1.807) is 0 Å². The Morgan fingerprint density at radius 3 is 2.45 bits per heavy atom. The van der Waals surface area contributed by atoms with Crippen LogP contribution in [0.2, 0.25) is 0 Å². The first kappa shape index (κ1) is 26.1. The number of carbonyl (C=O) groups is 2. The lowest BCUT2D eigenvalue weighted by atomic mass is 9.69. The van der Waals surface area contributed by atoms with Crippen molar-refractivity contribution in [2.24, 2.45) is 5.41 Å². The Bertz CT molecular complexity index is 1580. The minimum Gasteiger partial charge on any atom is -0.438 e. The molecule has 0 aliphatic carbocycles. The lowest BCUT2D eigenvalue weighted by Gasteiger charge is -2.37. The Morgan fingerprint density at radius 2 is 1.73 bits per heavy atom. The number of benzene rings is 2. The van der Waals surface area contributed by atoms with Gasteiger partial charge in [0.2, 0.25) is 16.9 Å². The summed E-state index contributed by atoms with van der Waals surface area (Å²) in [5.74, 6) is 0.656. The zero-order chi connectivity index (χ0) is 27.9. The second kappa shape index (κ2) is 10.4. The topological polar surface area (TPSA) is 107 Å². The fraction of sp³-hybridized carbons (Fsp3) is 0.300. The smallest absolute Gasteiger partial charge is 0.254 e. The Hall–Kier alpha value is -4.15. The van der Waals surface area contributed by atoms with E-state index in [0.29, 0.717) is 54.3 Å². The van der Waals surface area contributed by atoms with Gasteiger partial charge >= 0.3 is 0 Å². The van der Waals surface area contributed by atoms with Crippen molar-refractivity contribution in [2.45, 2.75) is 26.7 Å². The number of nitrogens with one attached hydrogen (secondary N) is 1. The van der Waals surface area contributed by atoms with E-state index in [1.807, 2.05) is 86.3 Å². The summed E-state index contributed by atoms with van der Waals surface area (Å²) in [4.78, 5) is 33.1. The second-order valence-electron chi connectivity index (χ2n) is 10.4. The average molecular weight is 556 g/mol. The number of aryl methyl sites for hydroxylation is 1. The number of pyridine rings is 1. The lowest BCUT2D eigenvalue weighted by molar-refractivity contribution is -0.124. The Balaban J connectivity index is 1.31. The van der Waals surface area contributed by atoms with Crippen LogP contribution in [0.3, 0.4) is 0 Å². The number of fused-ring (bicyclic) bond motifs is 2. The van der Waals surface area contributed by atoms with E-state index in [2.05, 4.69) is 15.5 Å². The van der Waals surface area contributed by atoms with Crippen LogP contribution in [0.5, 0.6) is 11.6 Å². The molecule has 0 radical (unpaired) electrons. The molecule has 2 aliphatic rings. The quantitative estimate of drug-likeness (QED) is 0.357. The number of anilines is 1. The van der Waals surface area contributed by atoms with Crippen LogP contribution in [0, 0.1) is 12.3 Å². The van der Waals surface area contributed by atoms with Crippen LogP contribution in [0.25, 0.3) is 11.3 Å². The van der Waals surface area contributed by atoms with E-state index in [9.17, 15) is 9.59 Å². The molecule has 0 unspecified atom stereocenters. The number of rotatable bonds is 5. The molecule has 0 spiro atoms. The highest BCUT2D eigenvalue weighted by molar-refractivity contribution is 7.15. The molecule has 1 saturated heterocycles. The van der Waals surface area contributed by atoms with Gasteiger partial charge in [0.25, 0.3) is 5.91 Å². The molecule has 9 nitrogen and oxygen atoms in total. The van der Waals surface area contributed by atoms with E-state index in [4.69, 9.17) is 14.5 Å². The first-order valence-electron chi connectivity index (χ1n) is 13.2. The standard InChI is InChI=1S/C30H29N5O4S/c1-18-33-34-29(40-18)32-28(37)30(2,3)25-21-6-4-5-7-24(21)39-26-22(25)12-13-23(31-26)19-8-10-20(11-9-19)27(36)35-14-16-38-17-15-35/h4-13,25H,14-17H2,1-3H3,(H,32,34,37)/t25-/m0/s1. The van der Waals surface area contributed by atoms with Gasteiger partial charge in [-0.15, -0.1) is 10.2 Å². The molecule has 2 aromatic heterocycles. The molecule has 2 amide bonds. The minimum absolute atomic E-state index is 0.000213. The highest BCUT2D eigenvalue weighted by Gasteiger charge is 2.44. The molecule has 2 aromatic carbocycles. The van der Waals surface area contributed by atoms with E-state index >= 15 is 0 Å². The predicted octanol–water partition coefficient (Wildman–Crippen LogP) is 5.28. The van der Waals surface area contributed by atoms with Crippen molar-refractivity contribution in [3.8, 4) is 22.9 Å². The van der Waals surface area contributed by atoms with Gasteiger partial charge in [-0.25, -0.2) is 4.98 Å². The molecule has 10 heteroatoms. The summed E-state index contributed by atoms with van der Waals surface area (Å²) in [7, 11) is 0. The predicted molar refractivity (Wildman–Crippen MR) is 152 cm³/mol. The van der Waals surface area contributed by atoms with Crippen LogP contribution in [-0.2, 0) is 9.53 Å². The molecule has 1 fully saturated rings. The normalized spacial score (nSPS) is 16.5. The van der Waals surface area contributed by atoms with Gasteiger partial charge in [-0.3, -0.25) is 9.59 Å². The van der Waals surface area contributed by atoms with Crippen molar-refractivity contribution in [3.05, 3.63) is 82.4 Å². The van der Waals surface area contributed by atoms with Gasteiger partial charge in [0, 0.05) is 41.3 Å². The number of hydrogen-bond acceptors (Lipinski definition) is 8. The number of nitrogens with zero attached hydrogens (tertiary/aromatic N) is 4. The van der Waals surface area contributed by atoms with Crippen molar-refractivity contribution in [1.82, 2.24) is 20.1 Å². The summed E-state index contributed by atoms with van der Waals surface area (Å²) in [6, 6.07) is 19.1. The van der Waals surface area contributed by atoms with E-state index in [0.717, 1.165) is 21.7 Å². The minimum atomic E-state index is -0.862. The van der Waals surface area contributed by atoms with Gasteiger partial charge in [-0.1, -0.05) is 61.6 Å². The van der Waals surface area contributed by atoms with Gasteiger partial charge in [-0.05, 0) is 31.2 Å². The van der Waals surface area contributed by atoms with E-state index < -0.39 is 5.41 Å². The molecule has 1 atom stereocenters. The van der Waals surface area contributed by atoms with Crippen molar-refractivity contribution >= 4 is 28.3 Å². The molecule has 1 N–H and O–H groups in total. The molecule has 40 heavy (non-hydrogen) atoms. The Kier molecular flexibility index (Phi) is 6.81. The van der Waals surface area contributed by atoms with Crippen molar-refractivity contribution < 1.29 is 19.1 Å². The maximum atomic E-state index is 13.6. The van der Waals surface area contributed by atoms with Gasteiger partial charge in [0.05, 0.1) is 24.3 Å². The van der Waals surface area contributed by atoms with Crippen LogP contribution in [0.15, 0.2) is 60.7 Å². The maximum absolute atomic E-state index is 13.6. The van der Waals surface area contributed by atoms with Crippen LogP contribution in [0.1, 0.15) is 46.3 Å². The number of carbonyl (C=O) groups excluding carboxylic acids is 2. The fourth-order valence-corrected chi connectivity index (χ4v) is 5.83. The summed E-state index contributed by atoms with van der Waals surface area (Å²) in [5, 5.41) is 12.3. The highest BCUT2D eigenvalue weighted by Crippen LogP contribution is 2.52. The highest BCUT2D eigenvalue weighted by atomic mass is 32.1. The summed E-state index contributed by atoms with van der Waals surface area (Å²) >= 11 is 1.34. The Labute approximate surface area is 236 Å². The van der Waals surface area contributed by atoms with E-state index in [1.165, 1.54) is 11.3 Å². The average Bonchev–Trinajstić information content (AvgIpc) is 3.39. The molecule has 0 saturated carbocycles. The molecule has 4 heterocycles. The SMILES string of the molecule is Cc1nnc(NC(=O)C(C)(C)[C@H]2c3ccccc3Oc3nc(-c4ccc(C(=O)N5CCOCC5)cc4)ccc32)s1. The fourth-order valence-electron chi connectivity index (χ4n) is 5.24. The second-order valence-corrected chi connectivity index (χ2v) is 11.6. The Morgan fingerprint density at radius 1 is 0.975 bits per heavy atom.